The van der Waals surface area contributed by atoms with Crippen molar-refractivity contribution in [1.82, 2.24) is 0 Å². The summed E-state index contributed by atoms with van der Waals surface area (Å²) in [6, 6.07) is 0. The van der Waals surface area contributed by atoms with E-state index in [1.54, 1.807) is 0 Å². The van der Waals surface area contributed by atoms with Gasteiger partial charge in [-0.3, -0.25) is 4.79 Å². The number of hydrogen-bond acceptors (Lipinski definition) is 3. The second kappa shape index (κ2) is 4.79. The van der Waals surface area contributed by atoms with E-state index in [0.29, 0.717) is 25.7 Å². The molecule has 0 heterocycles. The number of esters is 1. The van der Waals surface area contributed by atoms with Gasteiger partial charge in [0.05, 0.1) is 11.0 Å². The van der Waals surface area contributed by atoms with E-state index in [-0.39, 0.29) is 18.3 Å². The Morgan fingerprint density at radius 3 is 2.09 bits per heavy atom. The van der Waals surface area contributed by atoms with Gasteiger partial charge in [-0.1, -0.05) is 0 Å². The van der Waals surface area contributed by atoms with Crippen molar-refractivity contribution in [2.75, 3.05) is 0 Å². The van der Waals surface area contributed by atoms with Crippen LogP contribution in [0, 0.1) is 17.3 Å². The lowest BCUT2D eigenvalue weighted by Crippen LogP contribution is -2.59. The van der Waals surface area contributed by atoms with E-state index in [1.807, 2.05) is 0 Å². The van der Waals surface area contributed by atoms with E-state index < -0.39 is 35.7 Å². The minimum atomic E-state index is -5.30. The number of carbonyl (C=O) groups excluding carboxylic acids is 1. The number of carbonyl (C=O) groups is 1. The summed E-state index contributed by atoms with van der Waals surface area (Å²) < 4.78 is 67.0. The summed E-state index contributed by atoms with van der Waals surface area (Å²) >= 11 is 0. The largest absolute Gasteiger partial charge is 0.446 e. The van der Waals surface area contributed by atoms with Crippen molar-refractivity contribution in [1.29, 1.82) is 0 Å². The summed E-state index contributed by atoms with van der Waals surface area (Å²) in [6.07, 6.45) is -10.00. The van der Waals surface area contributed by atoms with Crippen LogP contribution in [0.5, 0.6) is 0 Å². The molecule has 0 aliphatic heterocycles. The Balaban J connectivity index is 1.80. The lowest BCUT2D eigenvalue weighted by atomic mass is 9.48. The first kappa shape index (κ1) is 16.0. The van der Waals surface area contributed by atoms with E-state index in [4.69, 9.17) is 0 Å². The van der Waals surface area contributed by atoms with Gasteiger partial charge in [0.2, 0.25) is 0 Å². The van der Waals surface area contributed by atoms with Gasteiger partial charge in [-0.2, -0.15) is 13.2 Å². The molecule has 0 spiro atoms. The third kappa shape index (κ3) is 2.59. The molecule has 4 fully saturated rings. The number of rotatable bonds is 3. The van der Waals surface area contributed by atoms with Gasteiger partial charge in [0.1, 0.15) is 0 Å². The second-order valence-electron chi connectivity index (χ2n) is 7.17. The average molecular weight is 328 g/mol. The Bertz CT molecular complexity index is 462. The van der Waals surface area contributed by atoms with Crippen LogP contribution in [0.25, 0.3) is 0 Å². The molecule has 3 nitrogen and oxygen atoms in total. The number of alkyl halides is 5. The minimum Gasteiger partial charge on any atom is -0.446 e. The number of halogens is 5. The summed E-state index contributed by atoms with van der Waals surface area (Å²) in [6.45, 7) is 0. The molecule has 1 N–H and O–H groups in total. The topological polar surface area (TPSA) is 46.5 Å². The van der Waals surface area contributed by atoms with Crippen molar-refractivity contribution < 1.29 is 36.6 Å². The Hall–Kier alpha value is -0.920. The Morgan fingerprint density at radius 1 is 1.14 bits per heavy atom. The molecular formula is C14H17F5O3. The molecule has 4 aliphatic rings. The molecule has 3 unspecified atom stereocenters. The van der Waals surface area contributed by atoms with E-state index in [2.05, 4.69) is 4.74 Å². The quantitative estimate of drug-likeness (QED) is 0.640. The highest BCUT2D eigenvalue weighted by molar-refractivity contribution is 5.78. The van der Waals surface area contributed by atoms with E-state index in [9.17, 15) is 31.9 Å². The van der Waals surface area contributed by atoms with Crippen LogP contribution >= 0.6 is 0 Å². The maximum atomic E-state index is 12.6. The summed E-state index contributed by atoms with van der Waals surface area (Å²) in [4.78, 5) is 12.2. The third-order valence-corrected chi connectivity index (χ3v) is 5.25. The monoisotopic (exact) mass is 328 g/mol. The van der Waals surface area contributed by atoms with Gasteiger partial charge in [0, 0.05) is 0 Å². The van der Waals surface area contributed by atoms with Gasteiger partial charge in [0.25, 0.3) is 12.5 Å². The molecular weight excluding hydrogens is 311 g/mol. The molecule has 4 saturated carbocycles. The third-order valence-electron chi connectivity index (χ3n) is 5.25. The van der Waals surface area contributed by atoms with Crippen LogP contribution in [0.4, 0.5) is 22.0 Å². The predicted octanol–water partition coefficient (Wildman–Crippen LogP) is 3.06. The van der Waals surface area contributed by atoms with Crippen molar-refractivity contribution in [3.05, 3.63) is 0 Å². The fraction of sp³-hybridized carbons (Fsp3) is 0.929. The molecule has 4 aliphatic carbocycles. The van der Waals surface area contributed by atoms with Gasteiger partial charge >= 0.3 is 12.1 Å². The molecule has 0 radical (unpaired) electrons. The predicted molar refractivity (Wildman–Crippen MR) is 64.0 cm³/mol. The van der Waals surface area contributed by atoms with Crippen molar-refractivity contribution in [3.8, 4) is 0 Å². The lowest BCUT2D eigenvalue weighted by Gasteiger charge is -2.58. The molecule has 4 rings (SSSR count). The number of aliphatic hydroxyl groups is 1. The highest BCUT2D eigenvalue weighted by Crippen LogP contribution is 2.62. The molecule has 0 aromatic heterocycles. The van der Waals surface area contributed by atoms with Gasteiger partial charge in [-0.25, -0.2) is 8.78 Å². The minimum absolute atomic E-state index is 0.0135. The zero-order valence-electron chi connectivity index (χ0n) is 11.7. The van der Waals surface area contributed by atoms with Crippen LogP contribution in [0.3, 0.4) is 0 Å². The highest BCUT2D eigenvalue weighted by Gasteiger charge is 2.62. The van der Waals surface area contributed by atoms with E-state index in [1.165, 1.54) is 0 Å². The van der Waals surface area contributed by atoms with Crippen LogP contribution in [0.1, 0.15) is 38.5 Å². The molecule has 3 atom stereocenters. The molecule has 0 amide bonds. The SMILES string of the molecule is O=C(OC(C(F)F)C(F)(F)F)C12CC3CC(CC(O)(C3)C1)C2. The summed E-state index contributed by atoms with van der Waals surface area (Å²) in [5.74, 6) is -1.13. The van der Waals surface area contributed by atoms with Gasteiger partial charge in [-0.05, 0) is 50.4 Å². The fourth-order valence-electron chi connectivity index (χ4n) is 4.95. The number of ether oxygens (including phenoxy) is 1. The van der Waals surface area contributed by atoms with Crippen molar-refractivity contribution in [2.24, 2.45) is 17.3 Å². The fourth-order valence-corrected chi connectivity index (χ4v) is 4.95. The average Bonchev–Trinajstić information content (AvgIpc) is 2.30. The maximum absolute atomic E-state index is 12.6. The molecule has 0 saturated heterocycles. The van der Waals surface area contributed by atoms with Crippen LogP contribution in [0.2, 0.25) is 0 Å². The molecule has 8 heteroatoms. The van der Waals surface area contributed by atoms with Crippen molar-refractivity contribution in [2.45, 2.75) is 62.8 Å². The zero-order valence-corrected chi connectivity index (χ0v) is 11.7. The smallest absolute Gasteiger partial charge is 0.431 e. The first-order chi connectivity index (χ1) is 10.0. The summed E-state index contributed by atoms with van der Waals surface area (Å²) in [5.41, 5.74) is -2.31. The Kier molecular flexibility index (Phi) is 3.47. The Morgan fingerprint density at radius 2 is 1.68 bits per heavy atom. The molecule has 22 heavy (non-hydrogen) atoms. The van der Waals surface area contributed by atoms with Crippen LogP contribution in [-0.2, 0) is 9.53 Å². The first-order valence-electron chi connectivity index (χ1n) is 7.31. The highest BCUT2D eigenvalue weighted by atomic mass is 19.4. The van der Waals surface area contributed by atoms with Crippen molar-refractivity contribution >= 4 is 5.97 Å². The Labute approximate surface area is 123 Å². The molecule has 0 aromatic carbocycles. The summed E-state index contributed by atoms with van der Waals surface area (Å²) in [5, 5.41) is 10.4. The normalized spacial score (nSPS) is 41.8. The van der Waals surface area contributed by atoms with Gasteiger partial charge in [0.15, 0.2) is 0 Å². The summed E-state index contributed by atoms with van der Waals surface area (Å²) in [7, 11) is 0. The number of hydrogen-bond donors (Lipinski definition) is 1. The second-order valence-corrected chi connectivity index (χ2v) is 7.17. The van der Waals surface area contributed by atoms with Crippen molar-refractivity contribution in [3.63, 3.8) is 0 Å². The van der Waals surface area contributed by atoms with Crippen LogP contribution in [-0.4, -0.2) is 35.4 Å². The van der Waals surface area contributed by atoms with Gasteiger partial charge in [-0.15, -0.1) is 0 Å². The van der Waals surface area contributed by atoms with E-state index >= 15 is 0 Å². The first-order valence-corrected chi connectivity index (χ1v) is 7.31. The standard InChI is InChI=1S/C14H17F5O3/c15-10(16)9(14(17,18)19)22-11(20)12-2-7-1-8(3-12)5-13(21,4-7)6-12/h7-10,21H,1-6H2. The molecule has 4 bridgehead atoms. The van der Waals surface area contributed by atoms with E-state index in [0.717, 1.165) is 6.42 Å². The molecule has 126 valence electrons. The van der Waals surface area contributed by atoms with Crippen LogP contribution < -0.4 is 0 Å². The zero-order chi connectivity index (χ0) is 16.3. The molecule has 0 aromatic rings. The van der Waals surface area contributed by atoms with Gasteiger partial charge < -0.3 is 9.84 Å². The lowest BCUT2D eigenvalue weighted by molar-refractivity contribution is -0.260. The maximum Gasteiger partial charge on any atom is 0.431 e. The van der Waals surface area contributed by atoms with Crippen LogP contribution in [0.15, 0.2) is 0 Å².